The third-order valence-electron chi connectivity index (χ3n) is 2.99. The van der Waals surface area contributed by atoms with Crippen molar-refractivity contribution in [2.45, 2.75) is 6.92 Å². The van der Waals surface area contributed by atoms with E-state index in [0.717, 1.165) is 33.3 Å². The van der Waals surface area contributed by atoms with Crippen LogP contribution in [0.4, 0.5) is 4.79 Å². The Bertz CT molecular complexity index is 659. The van der Waals surface area contributed by atoms with Gasteiger partial charge in [-0.05, 0) is 42.5 Å². The second-order valence-electron chi connectivity index (χ2n) is 4.68. The Morgan fingerprint density at radius 1 is 1.29 bits per heavy atom. The van der Waals surface area contributed by atoms with Crippen LogP contribution in [-0.2, 0) is 14.3 Å². The maximum absolute atomic E-state index is 12.2. The fourth-order valence-corrected chi connectivity index (χ4v) is 2.94. The fourth-order valence-electron chi connectivity index (χ4n) is 1.94. The first kappa shape index (κ1) is 18.5. The topological polar surface area (TPSA) is 72.9 Å². The Hall–Kier alpha value is -1.80. The lowest BCUT2D eigenvalue weighted by Crippen LogP contribution is -2.34. The zero-order valence-electron chi connectivity index (χ0n) is 13.0. The van der Waals surface area contributed by atoms with Crippen molar-refractivity contribution in [3.63, 3.8) is 0 Å². The zero-order chi connectivity index (χ0) is 17.5. The van der Waals surface area contributed by atoms with Crippen LogP contribution in [0.25, 0.3) is 6.08 Å². The van der Waals surface area contributed by atoms with Gasteiger partial charge in [0, 0.05) is 5.33 Å². The molecule has 8 heteroatoms. The molecule has 2 rings (SSSR count). The molecule has 128 valence electrons. The Morgan fingerprint density at radius 2 is 2.00 bits per heavy atom. The molecule has 0 saturated carbocycles. The van der Waals surface area contributed by atoms with Gasteiger partial charge < -0.3 is 9.47 Å². The maximum atomic E-state index is 12.2. The summed E-state index contributed by atoms with van der Waals surface area (Å²) in [5.74, 6) is -0.367. The van der Waals surface area contributed by atoms with Gasteiger partial charge in [0.2, 0.25) is 0 Å². The highest BCUT2D eigenvalue weighted by Gasteiger charge is 2.36. The van der Waals surface area contributed by atoms with Crippen LogP contribution in [-0.4, -0.2) is 47.1 Å². The summed E-state index contributed by atoms with van der Waals surface area (Å²) in [6.45, 7) is 2.06. The first-order valence-electron chi connectivity index (χ1n) is 7.25. The Morgan fingerprint density at radius 3 is 2.62 bits per heavy atom. The van der Waals surface area contributed by atoms with E-state index in [-0.39, 0.29) is 18.1 Å². The molecule has 1 aromatic rings. The van der Waals surface area contributed by atoms with Gasteiger partial charge in [-0.1, -0.05) is 28.1 Å². The van der Waals surface area contributed by atoms with Crippen molar-refractivity contribution in [1.29, 1.82) is 0 Å². The molecule has 1 fully saturated rings. The first-order valence-corrected chi connectivity index (χ1v) is 9.18. The van der Waals surface area contributed by atoms with E-state index in [1.54, 1.807) is 37.3 Å². The van der Waals surface area contributed by atoms with Crippen molar-refractivity contribution < 1.29 is 23.9 Å². The number of carbonyl (C=O) groups is 3. The van der Waals surface area contributed by atoms with E-state index < -0.39 is 17.1 Å². The summed E-state index contributed by atoms with van der Waals surface area (Å²) in [6, 6.07) is 7.17. The molecule has 0 unspecified atom stereocenters. The molecular weight excluding hydrogens is 398 g/mol. The SMILES string of the molecule is CCOC(=O)CN1C(=O)S/C(=C\c2ccc(OCCBr)cc2)C1=O. The van der Waals surface area contributed by atoms with Crippen LogP contribution < -0.4 is 4.74 Å². The summed E-state index contributed by atoms with van der Waals surface area (Å²) in [5, 5.41) is 0.263. The number of halogens is 1. The van der Waals surface area contributed by atoms with E-state index in [1.165, 1.54) is 0 Å². The lowest BCUT2D eigenvalue weighted by atomic mass is 10.2. The molecule has 1 aliphatic rings. The molecule has 1 aromatic carbocycles. The molecule has 0 spiro atoms. The lowest BCUT2D eigenvalue weighted by Gasteiger charge is -2.10. The monoisotopic (exact) mass is 413 g/mol. The van der Waals surface area contributed by atoms with Gasteiger partial charge in [0.15, 0.2) is 0 Å². The van der Waals surface area contributed by atoms with Crippen LogP contribution >= 0.6 is 27.7 Å². The van der Waals surface area contributed by atoms with E-state index in [1.807, 2.05) is 0 Å². The van der Waals surface area contributed by atoms with Gasteiger partial charge in [-0.3, -0.25) is 19.3 Å². The molecule has 2 amide bonds. The number of thioether (sulfide) groups is 1. The molecule has 0 radical (unpaired) electrons. The van der Waals surface area contributed by atoms with Gasteiger partial charge in [-0.25, -0.2) is 0 Å². The molecule has 1 aliphatic heterocycles. The number of amides is 2. The van der Waals surface area contributed by atoms with Crippen molar-refractivity contribution >= 4 is 50.9 Å². The van der Waals surface area contributed by atoms with Crippen LogP contribution in [0.15, 0.2) is 29.2 Å². The minimum absolute atomic E-state index is 0.203. The number of rotatable bonds is 7. The third kappa shape index (κ3) is 4.85. The van der Waals surface area contributed by atoms with Gasteiger partial charge in [-0.2, -0.15) is 0 Å². The van der Waals surface area contributed by atoms with E-state index in [0.29, 0.717) is 6.61 Å². The van der Waals surface area contributed by atoms with Crippen LogP contribution in [0.2, 0.25) is 0 Å². The number of nitrogens with zero attached hydrogens (tertiary/aromatic N) is 1. The van der Waals surface area contributed by atoms with Crippen LogP contribution in [0.1, 0.15) is 12.5 Å². The highest BCUT2D eigenvalue weighted by atomic mass is 79.9. The summed E-state index contributed by atoms with van der Waals surface area (Å²) >= 11 is 4.09. The summed E-state index contributed by atoms with van der Waals surface area (Å²) < 4.78 is 10.2. The zero-order valence-corrected chi connectivity index (χ0v) is 15.4. The standard InChI is InChI=1S/C16H16BrNO5S/c1-2-22-14(19)10-18-15(20)13(24-16(18)21)9-11-3-5-12(6-4-11)23-8-7-17/h3-6,9H,2,7-8,10H2,1H3/b13-9-. The molecule has 0 aliphatic carbocycles. The second-order valence-corrected chi connectivity index (χ2v) is 6.47. The average molecular weight is 414 g/mol. The highest BCUT2D eigenvalue weighted by Crippen LogP contribution is 2.32. The number of benzene rings is 1. The van der Waals surface area contributed by atoms with E-state index in [2.05, 4.69) is 15.9 Å². The second kappa shape index (κ2) is 8.89. The number of carbonyl (C=O) groups excluding carboxylic acids is 3. The van der Waals surface area contributed by atoms with E-state index >= 15 is 0 Å². The predicted octanol–water partition coefficient (Wildman–Crippen LogP) is 3.06. The van der Waals surface area contributed by atoms with Crippen molar-refractivity contribution in [3.05, 3.63) is 34.7 Å². The first-order chi connectivity index (χ1) is 11.5. The number of hydrogen-bond donors (Lipinski definition) is 0. The average Bonchev–Trinajstić information content (AvgIpc) is 2.82. The smallest absolute Gasteiger partial charge is 0.326 e. The minimum Gasteiger partial charge on any atom is -0.493 e. The fraction of sp³-hybridized carbons (Fsp3) is 0.312. The van der Waals surface area contributed by atoms with Gasteiger partial charge in [0.05, 0.1) is 18.1 Å². The molecule has 1 saturated heterocycles. The van der Waals surface area contributed by atoms with Gasteiger partial charge in [-0.15, -0.1) is 0 Å². The summed E-state index contributed by atoms with van der Waals surface area (Å²) in [5.41, 5.74) is 0.767. The summed E-state index contributed by atoms with van der Waals surface area (Å²) in [6.07, 6.45) is 1.62. The quantitative estimate of drug-likeness (QED) is 0.388. The molecule has 6 nitrogen and oxygen atoms in total. The normalized spacial score (nSPS) is 15.9. The van der Waals surface area contributed by atoms with Gasteiger partial charge >= 0.3 is 5.97 Å². The Balaban J connectivity index is 2.06. The van der Waals surface area contributed by atoms with Crippen LogP contribution in [0.3, 0.4) is 0 Å². The Labute approximate surface area is 152 Å². The van der Waals surface area contributed by atoms with Crippen molar-refractivity contribution in [2.24, 2.45) is 0 Å². The maximum Gasteiger partial charge on any atom is 0.326 e. The van der Waals surface area contributed by atoms with Crippen molar-refractivity contribution in [2.75, 3.05) is 25.1 Å². The Kier molecular flexibility index (Phi) is 6.86. The molecular formula is C16H16BrNO5S. The van der Waals surface area contributed by atoms with Crippen molar-refractivity contribution in [1.82, 2.24) is 4.90 Å². The summed E-state index contributed by atoms with van der Waals surface area (Å²) in [4.78, 5) is 36.8. The summed E-state index contributed by atoms with van der Waals surface area (Å²) in [7, 11) is 0. The molecule has 0 N–H and O–H groups in total. The molecule has 1 heterocycles. The highest BCUT2D eigenvalue weighted by molar-refractivity contribution is 9.09. The van der Waals surface area contributed by atoms with Crippen molar-refractivity contribution in [3.8, 4) is 5.75 Å². The van der Waals surface area contributed by atoms with Crippen LogP contribution in [0.5, 0.6) is 5.75 Å². The number of alkyl halides is 1. The molecule has 24 heavy (non-hydrogen) atoms. The number of esters is 1. The predicted molar refractivity (Wildman–Crippen MR) is 95.0 cm³/mol. The number of imide groups is 1. The van der Waals surface area contributed by atoms with E-state index in [9.17, 15) is 14.4 Å². The molecule has 0 atom stereocenters. The van der Waals surface area contributed by atoms with Gasteiger partial charge in [0.25, 0.3) is 11.1 Å². The molecule has 0 bridgehead atoms. The minimum atomic E-state index is -0.602. The number of ether oxygens (including phenoxy) is 2. The van der Waals surface area contributed by atoms with Gasteiger partial charge in [0.1, 0.15) is 12.3 Å². The third-order valence-corrected chi connectivity index (χ3v) is 4.22. The van der Waals surface area contributed by atoms with E-state index in [4.69, 9.17) is 9.47 Å². The molecule has 0 aromatic heterocycles. The number of hydrogen-bond acceptors (Lipinski definition) is 6. The largest absolute Gasteiger partial charge is 0.493 e. The lowest BCUT2D eigenvalue weighted by molar-refractivity contribution is -0.145. The van der Waals surface area contributed by atoms with Crippen LogP contribution in [0, 0.1) is 0 Å².